The van der Waals surface area contributed by atoms with Crippen LogP contribution in [-0.4, -0.2) is 32.2 Å². The van der Waals surface area contributed by atoms with Crippen LogP contribution in [0.25, 0.3) is 0 Å². The molecule has 1 rings (SSSR count). The quantitative estimate of drug-likeness (QED) is 0.355. The van der Waals surface area contributed by atoms with E-state index < -0.39 is 10.3 Å². The molecule has 5 nitrogen and oxygen atoms in total. The Kier molecular flexibility index (Phi) is 5.41. The summed E-state index contributed by atoms with van der Waals surface area (Å²) >= 11 is 0. The van der Waals surface area contributed by atoms with Gasteiger partial charge in [-0.25, -0.2) is 13.1 Å². The Bertz CT molecular complexity index is 211. The molecule has 0 bridgehead atoms. The zero-order valence-corrected chi connectivity index (χ0v) is 7.76. The van der Waals surface area contributed by atoms with Crippen molar-refractivity contribution in [1.29, 1.82) is 0 Å². The molecule has 1 fully saturated rings. The van der Waals surface area contributed by atoms with E-state index in [2.05, 4.69) is 0 Å². The van der Waals surface area contributed by atoms with Crippen LogP contribution in [0.15, 0.2) is 0 Å². The van der Waals surface area contributed by atoms with Gasteiger partial charge in [0.15, 0.2) is 10.3 Å². The molecule has 0 aromatic rings. The van der Waals surface area contributed by atoms with E-state index in [0.717, 1.165) is 6.42 Å². The van der Waals surface area contributed by atoms with Crippen LogP contribution < -0.4 is 23.6 Å². The van der Waals surface area contributed by atoms with E-state index in [1.807, 2.05) is 4.72 Å². The van der Waals surface area contributed by atoms with Crippen LogP contribution in [0.5, 0.6) is 0 Å². The summed E-state index contributed by atoms with van der Waals surface area (Å²) in [5.74, 6) is 0. The fraction of sp³-hybridized carbons (Fsp3) is 1.00. The van der Waals surface area contributed by atoms with Crippen LogP contribution in [0.1, 0.15) is 12.8 Å². The minimum atomic E-state index is -4.30. The average Bonchev–Trinajstić information content (AvgIpc) is 1.85. The standard InChI is InChI=1S/C5H11NO4S.Li/c7-11(8,9)6-5-2-1-3-10-4-5;/h5-6H,1-4H2,(H,7,8,9);/q;+1/p-1. The monoisotopic (exact) mass is 187 g/mol. The van der Waals surface area contributed by atoms with Crippen LogP contribution >= 0.6 is 0 Å². The van der Waals surface area contributed by atoms with Gasteiger partial charge in [-0.05, 0) is 12.8 Å². The van der Waals surface area contributed by atoms with Gasteiger partial charge in [0, 0.05) is 12.6 Å². The van der Waals surface area contributed by atoms with E-state index >= 15 is 0 Å². The van der Waals surface area contributed by atoms with Gasteiger partial charge in [0.05, 0.1) is 6.61 Å². The molecular formula is C5H10LiNO4S. The maximum absolute atomic E-state index is 10.2. The second-order valence-electron chi connectivity index (χ2n) is 2.49. The number of ether oxygens (including phenoxy) is 1. The third-order valence-corrected chi connectivity index (χ3v) is 2.09. The molecule has 0 aliphatic carbocycles. The molecule has 1 aliphatic rings. The topological polar surface area (TPSA) is 78.5 Å². The summed E-state index contributed by atoms with van der Waals surface area (Å²) in [6, 6.07) is -0.328. The van der Waals surface area contributed by atoms with Gasteiger partial charge < -0.3 is 9.29 Å². The molecule has 7 heteroatoms. The molecular weight excluding hydrogens is 177 g/mol. The number of hydrogen-bond acceptors (Lipinski definition) is 4. The first-order valence-electron chi connectivity index (χ1n) is 3.39. The Balaban J connectivity index is 0.00000121. The summed E-state index contributed by atoms with van der Waals surface area (Å²) in [4.78, 5) is 0. The van der Waals surface area contributed by atoms with Crippen molar-refractivity contribution in [2.24, 2.45) is 0 Å². The van der Waals surface area contributed by atoms with Gasteiger partial charge >= 0.3 is 18.9 Å². The summed E-state index contributed by atoms with van der Waals surface area (Å²) in [7, 11) is -4.30. The molecule has 12 heavy (non-hydrogen) atoms. The molecule has 0 spiro atoms. The molecule has 66 valence electrons. The first-order chi connectivity index (χ1) is 5.08. The Morgan fingerprint density at radius 1 is 1.50 bits per heavy atom. The Labute approximate surface area is 83.9 Å². The molecule has 0 aromatic heterocycles. The molecule has 0 saturated carbocycles. The molecule has 1 aliphatic heterocycles. The van der Waals surface area contributed by atoms with Gasteiger partial charge in [0.1, 0.15) is 0 Å². The first kappa shape index (κ1) is 12.4. The van der Waals surface area contributed by atoms with Crippen molar-refractivity contribution < 1.29 is 36.6 Å². The van der Waals surface area contributed by atoms with Crippen LogP contribution in [0.2, 0.25) is 0 Å². The van der Waals surface area contributed by atoms with E-state index in [1.54, 1.807) is 0 Å². The summed E-state index contributed by atoms with van der Waals surface area (Å²) in [5, 5.41) is 0. The molecule has 0 amide bonds. The third-order valence-electron chi connectivity index (χ3n) is 1.47. The minimum absolute atomic E-state index is 0. The zero-order chi connectivity index (χ0) is 8.32. The average molecular weight is 187 g/mol. The van der Waals surface area contributed by atoms with E-state index in [9.17, 15) is 13.0 Å². The van der Waals surface area contributed by atoms with Crippen molar-refractivity contribution in [2.75, 3.05) is 13.2 Å². The van der Waals surface area contributed by atoms with E-state index in [4.69, 9.17) is 4.74 Å². The van der Waals surface area contributed by atoms with Crippen molar-refractivity contribution in [3.8, 4) is 0 Å². The normalized spacial score (nSPS) is 24.6. The summed E-state index contributed by atoms with van der Waals surface area (Å²) < 4.78 is 37.4. The number of hydrogen-bond donors (Lipinski definition) is 1. The smallest absolute Gasteiger partial charge is 0.735 e. The van der Waals surface area contributed by atoms with Crippen LogP contribution in [0, 0.1) is 0 Å². The van der Waals surface area contributed by atoms with Gasteiger partial charge in [-0.2, -0.15) is 0 Å². The van der Waals surface area contributed by atoms with E-state index in [-0.39, 0.29) is 24.9 Å². The van der Waals surface area contributed by atoms with Crippen molar-refractivity contribution in [1.82, 2.24) is 4.72 Å². The molecule has 1 N–H and O–H groups in total. The molecule has 0 aromatic carbocycles. The van der Waals surface area contributed by atoms with Gasteiger partial charge in [0.25, 0.3) is 0 Å². The molecule has 1 saturated heterocycles. The summed E-state index contributed by atoms with van der Waals surface area (Å²) in [5.41, 5.74) is 0. The molecule has 1 heterocycles. The SMILES string of the molecule is O=S(=O)([O-])NC1CCCOC1.[Li+]. The van der Waals surface area contributed by atoms with Crippen LogP contribution in [-0.2, 0) is 15.0 Å². The first-order valence-corrected chi connectivity index (χ1v) is 4.79. The van der Waals surface area contributed by atoms with E-state index in [0.29, 0.717) is 19.6 Å². The van der Waals surface area contributed by atoms with Gasteiger partial charge in [-0.15, -0.1) is 0 Å². The maximum Gasteiger partial charge on any atom is 1.00 e. The predicted molar refractivity (Wildman–Crippen MR) is 36.7 cm³/mol. The molecule has 0 radical (unpaired) electrons. The Hall–Kier alpha value is 0.427. The molecule has 1 unspecified atom stereocenters. The van der Waals surface area contributed by atoms with Crippen LogP contribution in [0.3, 0.4) is 0 Å². The fourth-order valence-electron chi connectivity index (χ4n) is 1.04. The summed E-state index contributed by atoms with van der Waals surface area (Å²) in [6.07, 6.45) is 1.48. The van der Waals surface area contributed by atoms with E-state index in [1.165, 1.54) is 0 Å². The predicted octanol–water partition coefficient (Wildman–Crippen LogP) is -3.78. The van der Waals surface area contributed by atoms with Crippen molar-refractivity contribution in [3.05, 3.63) is 0 Å². The number of rotatable bonds is 2. The minimum Gasteiger partial charge on any atom is -0.735 e. The third kappa shape index (κ3) is 5.14. The van der Waals surface area contributed by atoms with Gasteiger partial charge in [-0.3, -0.25) is 0 Å². The maximum atomic E-state index is 10.2. The van der Waals surface area contributed by atoms with Gasteiger partial charge in [0.2, 0.25) is 0 Å². The Morgan fingerprint density at radius 2 is 2.17 bits per heavy atom. The van der Waals surface area contributed by atoms with Crippen molar-refractivity contribution in [2.45, 2.75) is 18.9 Å². The van der Waals surface area contributed by atoms with Gasteiger partial charge in [-0.1, -0.05) is 0 Å². The van der Waals surface area contributed by atoms with Crippen molar-refractivity contribution >= 4 is 10.3 Å². The number of nitrogens with one attached hydrogen (secondary N) is 1. The second-order valence-corrected chi connectivity index (χ2v) is 3.63. The molecule has 1 atom stereocenters. The largest absolute Gasteiger partial charge is 1.00 e. The van der Waals surface area contributed by atoms with Crippen molar-refractivity contribution in [3.63, 3.8) is 0 Å². The second kappa shape index (κ2) is 5.22. The fourth-order valence-corrected chi connectivity index (χ4v) is 1.63. The van der Waals surface area contributed by atoms with Crippen LogP contribution in [0.4, 0.5) is 0 Å². The zero-order valence-electron chi connectivity index (χ0n) is 6.95. The summed E-state index contributed by atoms with van der Waals surface area (Å²) in [6.45, 7) is 0.957. The Morgan fingerprint density at radius 3 is 2.58 bits per heavy atom.